The smallest absolute Gasteiger partial charge is 0.307 e. The van der Waals surface area contributed by atoms with E-state index >= 15 is 0 Å². The number of piperidine rings is 1. The monoisotopic (exact) mass is 371 g/mol. The van der Waals surface area contributed by atoms with Crippen molar-refractivity contribution in [2.24, 2.45) is 5.92 Å². The molecule has 2 saturated heterocycles. The lowest BCUT2D eigenvalue weighted by atomic mass is 9.75. The van der Waals surface area contributed by atoms with E-state index in [1.807, 2.05) is 18.3 Å². The van der Waals surface area contributed by atoms with E-state index in [-0.39, 0.29) is 30.3 Å². The van der Waals surface area contributed by atoms with Crippen LogP contribution in [0.3, 0.4) is 0 Å². The maximum absolute atomic E-state index is 12.9. The molecular weight excluding hydrogens is 342 g/mol. The quantitative estimate of drug-likeness (QED) is 0.823. The first kappa shape index (κ1) is 18.4. The number of amides is 1. The van der Waals surface area contributed by atoms with Crippen molar-refractivity contribution in [3.05, 3.63) is 30.1 Å². The first-order valence-corrected chi connectivity index (χ1v) is 10.3. The second kappa shape index (κ2) is 7.97. The Labute approximate surface area is 160 Å². The predicted molar refractivity (Wildman–Crippen MR) is 101 cm³/mol. The lowest BCUT2D eigenvalue weighted by Gasteiger charge is -2.37. The maximum atomic E-state index is 12.9. The predicted octanol–water partition coefficient (Wildman–Crippen LogP) is 2.43. The van der Waals surface area contributed by atoms with E-state index in [1.165, 1.54) is 6.42 Å². The number of aromatic nitrogens is 1. The van der Waals surface area contributed by atoms with E-state index in [0.717, 1.165) is 63.9 Å². The second-order valence-electron chi connectivity index (χ2n) is 8.24. The summed E-state index contributed by atoms with van der Waals surface area (Å²) in [5, 5.41) is 3.22. The summed E-state index contributed by atoms with van der Waals surface area (Å²) in [6, 6.07) is 6.19. The van der Waals surface area contributed by atoms with E-state index < -0.39 is 5.60 Å². The Bertz CT molecular complexity index is 665. The Kier molecular flexibility index (Phi) is 5.43. The molecule has 2 aliphatic heterocycles. The summed E-state index contributed by atoms with van der Waals surface area (Å²) in [5.74, 6) is -0.495. The lowest BCUT2D eigenvalue weighted by molar-refractivity contribution is -0.153. The summed E-state index contributed by atoms with van der Waals surface area (Å²) >= 11 is 0. The molecule has 1 spiro atoms. The minimum atomic E-state index is -0.529. The van der Waals surface area contributed by atoms with Crippen molar-refractivity contribution >= 4 is 11.9 Å². The van der Waals surface area contributed by atoms with Crippen molar-refractivity contribution in [1.82, 2.24) is 15.2 Å². The summed E-state index contributed by atoms with van der Waals surface area (Å²) in [6.07, 6.45) is 8.87. The molecule has 1 aromatic heterocycles. The van der Waals surface area contributed by atoms with Crippen LogP contribution in [0.25, 0.3) is 0 Å². The van der Waals surface area contributed by atoms with Gasteiger partial charge in [0, 0.05) is 31.9 Å². The number of esters is 1. The average molecular weight is 371 g/mol. The highest BCUT2D eigenvalue weighted by atomic mass is 16.6. The zero-order chi connectivity index (χ0) is 18.7. The van der Waals surface area contributed by atoms with Gasteiger partial charge in [-0.1, -0.05) is 12.5 Å². The number of carbonyl (C=O) groups excluding carboxylic acids is 2. The molecule has 3 aliphatic rings. The van der Waals surface area contributed by atoms with Crippen LogP contribution in [-0.2, 0) is 20.9 Å². The van der Waals surface area contributed by atoms with Crippen LogP contribution in [0.15, 0.2) is 24.4 Å². The number of pyridine rings is 1. The molecule has 1 amide bonds. The normalized spacial score (nSPS) is 26.1. The molecule has 3 heterocycles. The fraction of sp³-hybridized carbons (Fsp3) is 0.667. The van der Waals surface area contributed by atoms with Crippen molar-refractivity contribution in [3.63, 3.8) is 0 Å². The highest BCUT2D eigenvalue weighted by molar-refractivity contribution is 5.88. The molecule has 0 unspecified atom stereocenters. The van der Waals surface area contributed by atoms with Gasteiger partial charge in [-0.3, -0.25) is 19.5 Å². The Morgan fingerprint density at radius 3 is 2.70 bits per heavy atom. The van der Waals surface area contributed by atoms with Gasteiger partial charge in [0.1, 0.15) is 5.60 Å². The van der Waals surface area contributed by atoms with Gasteiger partial charge < -0.3 is 10.1 Å². The summed E-state index contributed by atoms with van der Waals surface area (Å²) in [7, 11) is 0. The Morgan fingerprint density at radius 1 is 1.22 bits per heavy atom. The molecule has 146 valence electrons. The molecule has 1 aliphatic carbocycles. The Hall–Kier alpha value is -1.95. The number of hydrogen-bond donors (Lipinski definition) is 1. The molecule has 1 N–H and O–H groups in total. The Balaban J connectivity index is 1.29. The molecule has 0 radical (unpaired) electrons. The van der Waals surface area contributed by atoms with Crippen LogP contribution < -0.4 is 5.32 Å². The van der Waals surface area contributed by atoms with Crippen molar-refractivity contribution < 1.29 is 14.3 Å². The van der Waals surface area contributed by atoms with E-state index in [1.54, 1.807) is 0 Å². The van der Waals surface area contributed by atoms with Gasteiger partial charge in [-0.05, 0) is 50.7 Å². The first-order valence-electron chi connectivity index (χ1n) is 10.3. The van der Waals surface area contributed by atoms with Crippen molar-refractivity contribution in [2.75, 3.05) is 13.1 Å². The molecule has 6 heteroatoms. The SMILES string of the molecule is O=C1C[C@@H](C(=O)NC2CCN(Cc3ccccn3)CC2)C2(CCCCC2)O1. The molecule has 4 rings (SSSR count). The molecule has 3 fully saturated rings. The van der Waals surface area contributed by atoms with Crippen LogP contribution in [0.5, 0.6) is 0 Å². The van der Waals surface area contributed by atoms with E-state index in [0.29, 0.717) is 0 Å². The van der Waals surface area contributed by atoms with Gasteiger partial charge >= 0.3 is 5.97 Å². The Morgan fingerprint density at radius 2 is 2.00 bits per heavy atom. The van der Waals surface area contributed by atoms with Crippen molar-refractivity contribution in [1.29, 1.82) is 0 Å². The summed E-state index contributed by atoms with van der Waals surface area (Å²) in [4.78, 5) is 31.6. The van der Waals surface area contributed by atoms with Gasteiger partial charge in [-0.2, -0.15) is 0 Å². The number of likely N-dealkylation sites (tertiary alicyclic amines) is 1. The van der Waals surface area contributed by atoms with Crippen molar-refractivity contribution in [3.8, 4) is 0 Å². The zero-order valence-electron chi connectivity index (χ0n) is 15.9. The van der Waals surface area contributed by atoms with Gasteiger partial charge in [-0.25, -0.2) is 0 Å². The molecule has 1 aromatic rings. The van der Waals surface area contributed by atoms with Gasteiger partial charge in [0.25, 0.3) is 0 Å². The molecule has 1 atom stereocenters. The summed E-state index contributed by atoms with van der Waals surface area (Å²) in [5.41, 5.74) is 0.555. The van der Waals surface area contributed by atoms with Crippen molar-refractivity contribution in [2.45, 2.75) is 69.6 Å². The second-order valence-corrected chi connectivity index (χ2v) is 8.24. The van der Waals surface area contributed by atoms with Crippen LogP contribution in [0, 0.1) is 5.92 Å². The zero-order valence-corrected chi connectivity index (χ0v) is 15.9. The van der Waals surface area contributed by atoms with E-state index in [9.17, 15) is 9.59 Å². The van der Waals surface area contributed by atoms with Crippen LogP contribution in [0.1, 0.15) is 57.1 Å². The van der Waals surface area contributed by atoms with E-state index in [4.69, 9.17) is 4.74 Å². The molecule has 6 nitrogen and oxygen atoms in total. The summed E-state index contributed by atoms with van der Waals surface area (Å²) in [6.45, 7) is 2.76. The van der Waals surface area contributed by atoms with Gasteiger partial charge in [-0.15, -0.1) is 0 Å². The molecule has 1 saturated carbocycles. The minimum absolute atomic E-state index is 0.0194. The van der Waals surface area contributed by atoms with Gasteiger partial charge in [0.2, 0.25) is 5.91 Å². The van der Waals surface area contributed by atoms with Crippen LogP contribution in [-0.4, -0.2) is 46.5 Å². The van der Waals surface area contributed by atoms with Gasteiger partial charge in [0.05, 0.1) is 18.0 Å². The van der Waals surface area contributed by atoms with E-state index in [2.05, 4.69) is 21.3 Å². The number of hydrogen-bond acceptors (Lipinski definition) is 5. The topological polar surface area (TPSA) is 71.5 Å². The number of carbonyl (C=O) groups is 2. The molecule has 27 heavy (non-hydrogen) atoms. The largest absolute Gasteiger partial charge is 0.458 e. The summed E-state index contributed by atoms with van der Waals surface area (Å²) < 4.78 is 5.68. The standard InChI is InChI=1S/C21H29N3O3/c25-19-14-18(21(27-19)9-3-1-4-10-21)20(26)23-16-7-12-24(13-8-16)15-17-6-2-5-11-22-17/h2,5-6,11,16,18H,1,3-4,7-10,12-15H2,(H,23,26)/t18-/m0/s1. The minimum Gasteiger partial charge on any atom is -0.458 e. The average Bonchev–Trinajstić information content (AvgIpc) is 3.00. The van der Waals surface area contributed by atoms with Crippen LogP contribution in [0.2, 0.25) is 0 Å². The third kappa shape index (κ3) is 4.15. The van der Waals surface area contributed by atoms with Crippen LogP contribution in [0.4, 0.5) is 0 Å². The number of rotatable bonds is 4. The highest BCUT2D eigenvalue weighted by Crippen LogP contribution is 2.44. The highest BCUT2D eigenvalue weighted by Gasteiger charge is 2.53. The lowest BCUT2D eigenvalue weighted by Crippen LogP contribution is -2.50. The molecule has 0 bridgehead atoms. The van der Waals surface area contributed by atoms with Gasteiger partial charge in [0.15, 0.2) is 0 Å². The number of nitrogens with one attached hydrogen (secondary N) is 1. The third-order valence-electron chi connectivity index (χ3n) is 6.39. The first-order chi connectivity index (χ1) is 13.1. The number of nitrogens with zero attached hydrogens (tertiary/aromatic N) is 2. The fourth-order valence-electron chi connectivity index (χ4n) is 4.88. The third-order valence-corrected chi connectivity index (χ3v) is 6.39. The fourth-order valence-corrected chi connectivity index (χ4v) is 4.88. The maximum Gasteiger partial charge on any atom is 0.307 e. The van der Waals surface area contributed by atoms with Crippen LogP contribution >= 0.6 is 0 Å². The molecule has 0 aromatic carbocycles. The number of ether oxygens (including phenoxy) is 1. The molecular formula is C21H29N3O3.